The Bertz CT molecular complexity index is 294. The molecule has 1 amide bonds. The van der Waals surface area contributed by atoms with Gasteiger partial charge < -0.3 is 15.5 Å². The van der Waals surface area contributed by atoms with Crippen LogP contribution in [0.25, 0.3) is 0 Å². The van der Waals surface area contributed by atoms with Crippen molar-refractivity contribution >= 4 is 30.7 Å². The highest BCUT2D eigenvalue weighted by molar-refractivity contribution is 5.85. The van der Waals surface area contributed by atoms with Crippen molar-refractivity contribution < 1.29 is 4.79 Å². The molecule has 0 aromatic carbocycles. The predicted molar refractivity (Wildman–Crippen MR) is 102 cm³/mol. The van der Waals surface area contributed by atoms with E-state index >= 15 is 0 Å². The van der Waals surface area contributed by atoms with Crippen LogP contribution in [0.5, 0.6) is 0 Å². The van der Waals surface area contributed by atoms with Gasteiger partial charge in [-0.05, 0) is 77.2 Å². The van der Waals surface area contributed by atoms with Gasteiger partial charge >= 0.3 is 0 Å². The summed E-state index contributed by atoms with van der Waals surface area (Å²) in [6.45, 7) is 6.94. The molecule has 2 aliphatic heterocycles. The summed E-state index contributed by atoms with van der Waals surface area (Å²) in [4.78, 5) is 14.3. The summed E-state index contributed by atoms with van der Waals surface area (Å²) in [5.74, 6) is 0.971. The molecule has 2 saturated heterocycles. The SMILES string of the molecule is Cl.Cl.O=C(CCC1CCNC1)NCCCCCN1CCCCC1. The van der Waals surface area contributed by atoms with Gasteiger partial charge in [-0.3, -0.25) is 4.79 Å². The molecule has 6 heteroatoms. The van der Waals surface area contributed by atoms with Crippen LogP contribution in [-0.2, 0) is 4.79 Å². The van der Waals surface area contributed by atoms with Crippen LogP contribution in [0.15, 0.2) is 0 Å². The fourth-order valence-electron chi connectivity index (χ4n) is 3.43. The van der Waals surface area contributed by atoms with Crippen LogP contribution in [0.1, 0.15) is 57.8 Å². The topological polar surface area (TPSA) is 44.4 Å². The van der Waals surface area contributed by atoms with Gasteiger partial charge in [0.05, 0.1) is 0 Å². The summed E-state index contributed by atoms with van der Waals surface area (Å²) in [5, 5.41) is 6.43. The van der Waals surface area contributed by atoms with Crippen LogP contribution in [0.3, 0.4) is 0 Å². The van der Waals surface area contributed by atoms with Gasteiger partial charge in [0, 0.05) is 13.0 Å². The van der Waals surface area contributed by atoms with Gasteiger partial charge in [0.1, 0.15) is 0 Å². The smallest absolute Gasteiger partial charge is 0.220 e. The first-order chi connectivity index (χ1) is 10.3. The second kappa shape index (κ2) is 14.3. The Balaban J connectivity index is 0.00000242. The lowest BCUT2D eigenvalue weighted by Crippen LogP contribution is -2.30. The molecule has 2 aliphatic rings. The number of rotatable bonds is 9. The van der Waals surface area contributed by atoms with Crippen molar-refractivity contribution in [2.45, 2.75) is 57.8 Å². The fraction of sp³-hybridized carbons (Fsp3) is 0.941. The maximum atomic E-state index is 11.7. The Kier molecular flexibility index (Phi) is 14.3. The monoisotopic (exact) mass is 367 g/mol. The third-order valence-electron chi connectivity index (χ3n) is 4.86. The molecule has 0 spiro atoms. The van der Waals surface area contributed by atoms with Crippen molar-refractivity contribution in [2.75, 3.05) is 39.3 Å². The lowest BCUT2D eigenvalue weighted by Gasteiger charge is -2.26. The summed E-state index contributed by atoms with van der Waals surface area (Å²) in [7, 11) is 0. The van der Waals surface area contributed by atoms with Crippen molar-refractivity contribution in [3.63, 3.8) is 0 Å². The zero-order chi connectivity index (χ0) is 14.8. The normalized spacial score (nSPS) is 21.3. The standard InChI is InChI=1S/C17H33N3O.2ClH/c21-17(8-7-16-9-11-18-15-16)19-10-3-1-4-12-20-13-5-2-6-14-20;;/h16,18H,1-15H2,(H,19,21);2*1H. The number of nitrogens with one attached hydrogen (secondary N) is 2. The molecule has 0 radical (unpaired) electrons. The van der Waals surface area contributed by atoms with Crippen LogP contribution in [-0.4, -0.2) is 50.1 Å². The highest BCUT2D eigenvalue weighted by Crippen LogP contribution is 2.14. The first kappa shape index (κ1) is 23.0. The lowest BCUT2D eigenvalue weighted by atomic mass is 10.0. The number of amides is 1. The van der Waals surface area contributed by atoms with E-state index in [-0.39, 0.29) is 30.7 Å². The molecule has 0 aliphatic carbocycles. The Labute approximate surface area is 154 Å². The number of piperidine rings is 1. The van der Waals surface area contributed by atoms with E-state index in [1.165, 1.54) is 58.2 Å². The number of hydrogen-bond acceptors (Lipinski definition) is 3. The molecular formula is C17H35Cl2N3O. The quantitative estimate of drug-likeness (QED) is 0.615. The molecule has 1 atom stereocenters. The van der Waals surface area contributed by atoms with Crippen molar-refractivity contribution in [3.05, 3.63) is 0 Å². The van der Waals surface area contributed by atoms with Crippen molar-refractivity contribution in [3.8, 4) is 0 Å². The first-order valence-corrected chi connectivity index (χ1v) is 9.04. The third kappa shape index (κ3) is 10.4. The molecule has 138 valence electrons. The Hall–Kier alpha value is -0.0300. The minimum absolute atomic E-state index is 0. The number of carbonyl (C=O) groups excluding carboxylic acids is 1. The van der Waals surface area contributed by atoms with Gasteiger partial charge in [-0.1, -0.05) is 12.8 Å². The molecule has 2 heterocycles. The molecule has 0 saturated carbocycles. The van der Waals surface area contributed by atoms with E-state index in [2.05, 4.69) is 15.5 Å². The van der Waals surface area contributed by atoms with E-state index in [1.807, 2.05) is 0 Å². The summed E-state index contributed by atoms with van der Waals surface area (Å²) in [6, 6.07) is 0. The Morgan fingerprint density at radius 1 is 1.09 bits per heavy atom. The van der Waals surface area contributed by atoms with Gasteiger partial charge in [0.2, 0.25) is 5.91 Å². The van der Waals surface area contributed by atoms with Crippen LogP contribution in [0, 0.1) is 5.92 Å². The average Bonchev–Trinajstić information content (AvgIpc) is 3.03. The summed E-state index contributed by atoms with van der Waals surface area (Å²) in [5.41, 5.74) is 0. The van der Waals surface area contributed by atoms with E-state index in [0.29, 0.717) is 6.42 Å². The zero-order valence-corrected chi connectivity index (χ0v) is 16.0. The molecule has 2 rings (SSSR count). The summed E-state index contributed by atoms with van der Waals surface area (Å²) < 4.78 is 0. The number of hydrogen-bond donors (Lipinski definition) is 2. The lowest BCUT2D eigenvalue weighted by molar-refractivity contribution is -0.121. The molecule has 1 unspecified atom stereocenters. The van der Waals surface area contributed by atoms with Gasteiger partial charge in [0.15, 0.2) is 0 Å². The van der Waals surface area contributed by atoms with Crippen molar-refractivity contribution in [2.24, 2.45) is 5.92 Å². The first-order valence-electron chi connectivity index (χ1n) is 9.04. The van der Waals surface area contributed by atoms with Crippen molar-refractivity contribution in [1.82, 2.24) is 15.5 Å². The highest BCUT2D eigenvalue weighted by atomic mass is 35.5. The Morgan fingerprint density at radius 3 is 2.57 bits per heavy atom. The molecule has 0 aromatic rings. The number of carbonyl (C=O) groups is 1. The maximum Gasteiger partial charge on any atom is 0.220 e. The van der Waals surface area contributed by atoms with Gasteiger partial charge in [-0.2, -0.15) is 0 Å². The molecular weight excluding hydrogens is 333 g/mol. The number of halogens is 2. The molecule has 2 fully saturated rings. The largest absolute Gasteiger partial charge is 0.356 e. The van der Waals surface area contributed by atoms with Crippen LogP contribution < -0.4 is 10.6 Å². The number of unbranched alkanes of at least 4 members (excludes halogenated alkanes) is 2. The molecule has 23 heavy (non-hydrogen) atoms. The van der Waals surface area contributed by atoms with E-state index < -0.39 is 0 Å². The Morgan fingerprint density at radius 2 is 1.87 bits per heavy atom. The number of likely N-dealkylation sites (tertiary alicyclic amines) is 1. The highest BCUT2D eigenvalue weighted by Gasteiger charge is 2.15. The maximum absolute atomic E-state index is 11.7. The van der Waals surface area contributed by atoms with Gasteiger partial charge in [-0.15, -0.1) is 24.8 Å². The molecule has 0 aromatic heterocycles. The second-order valence-corrected chi connectivity index (χ2v) is 6.71. The number of nitrogens with zero attached hydrogens (tertiary/aromatic N) is 1. The fourth-order valence-corrected chi connectivity index (χ4v) is 3.43. The van der Waals surface area contributed by atoms with E-state index in [0.717, 1.165) is 38.4 Å². The predicted octanol–water partition coefficient (Wildman–Crippen LogP) is 2.99. The van der Waals surface area contributed by atoms with Crippen LogP contribution in [0.4, 0.5) is 0 Å². The average molecular weight is 368 g/mol. The van der Waals surface area contributed by atoms with Gasteiger partial charge in [-0.25, -0.2) is 0 Å². The van der Waals surface area contributed by atoms with E-state index in [9.17, 15) is 4.79 Å². The molecule has 4 nitrogen and oxygen atoms in total. The molecule has 2 N–H and O–H groups in total. The summed E-state index contributed by atoms with van der Waals surface area (Å²) >= 11 is 0. The molecule has 0 bridgehead atoms. The van der Waals surface area contributed by atoms with Crippen molar-refractivity contribution in [1.29, 1.82) is 0 Å². The van der Waals surface area contributed by atoms with Crippen LogP contribution >= 0.6 is 24.8 Å². The minimum atomic E-state index is 0. The second-order valence-electron chi connectivity index (χ2n) is 6.71. The minimum Gasteiger partial charge on any atom is -0.356 e. The van der Waals surface area contributed by atoms with E-state index in [1.54, 1.807) is 0 Å². The summed E-state index contributed by atoms with van der Waals surface area (Å²) in [6.07, 6.45) is 10.8. The zero-order valence-electron chi connectivity index (χ0n) is 14.4. The van der Waals surface area contributed by atoms with Crippen LogP contribution in [0.2, 0.25) is 0 Å². The van der Waals surface area contributed by atoms with E-state index in [4.69, 9.17) is 0 Å². The third-order valence-corrected chi connectivity index (χ3v) is 4.86. The van der Waals surface area contributed by atoms with Gasteiger partial charge in [0.25, 0.3) is 0 Å².